The Labute approximate surface area is 121 Å². The summed E-state index contributed by atoms with van der Waals surface area (Å²) in [5, 5.41) is 9.88. The smallest absolute Gasteiger partial charge is 0.236 e. The van der Waals surface area contributed by atoms with Crippen LogP contribution in [0.2, 0.25) is 0 Å². The second kappa shape index (κ2) is 6.27. The molecule has 0 aromatic heterocycles. The number of benzene rings is 1. The van der Waals surface area contributed by atoms with Crippen LogP contribution in [0.4, 0.5) is 0 Å². The molecule has 1 atom stereocenters. The predicted molar refractivity (Wildman–Crippen MR) is 79.7 cm³/mol. The molecule has 1 amide bonds. The first-order valence-electron chi connectivity index (χ1n) is 7.37. The highest BCUT2D eigenvalue weighted by Gasteiger charge is 2.29. The molecular weight excluding hydrogens is 252 g/mol. The highest BCUT2D eigenvalue weighted by Crippen LogP contribution is 2.39. The number of aromatic hydroxyl groups is 1. The van der Waals surface area contributed by atoms with Crippen molar-refractivity contribution in [2.45, 2.75) is 32.7 Å². The minimum atomic E-state index is 0.172. The molecule has 0 heterocycles. The zero-order valence-corrected chi connectivity index (χ0v) is 12.6. The van der Waals surface area contributed by atoms with Gasteiger partial charge in [-0.15, -0.1) is 0 Å². The Morgan fingerprint density at radius 3 is 2.70 bits per heavy atom. The van der Waals surface area contributed by atoms with Gasteiger partial charge in [-0.1, -0.05) is 12.1 Å². The summed E-state index contributed by atoms with van der Waals surface area (Å²) in [5.74, 6) is 0.555. The van der Waals surface area contributed by atoms with Gasteiger partial charge >= 0.3 is 0 Å². The number of rotatable bonds is 5. The number of fused-ring (bicyclic) bond motifs is 1. The summed E-state index contributed by atoms with van der Waals surface area (Å²) in [6, 6.07) is 5.91. The predicted octanol–water partition coefficient (Wildman–Crippen LogP) is 2.18. The molecule has 1 N–H and O–H groups in total. The fourth-order valence-electron chi connectivity index (χ4n) is 3.07. The molecule has 2 rings (SSSR count). The summed E-state index contributed by atoms with van der Waals surface area (Å²) < 4.78 is 0. The summed E-state index contributed by atoms with van der Waals surface area (Å²) in [7, 11) is 1.99. The normalized spacial score (nSPS) is 17.3. The molecular formula is C16H24N2O2. The van der Waals surface area contributed by atoms with Crippen LogP contribution in [0.3, 0.4) is 0 Å². The quantitative estimate of drug-likeness (QED) is 0.896. The zero-order chi connectivity index (χ0) is 14.7. The maximum atomic E-state index is 12.2. The first-order valence-corrected chi connectivity index (χ1v) is 7.37. The number of likely N-dealkylation sites (N-methyl/N-ethyl adjacent to an activating group) is 2. The van der Waals surface area contributed by atoms with E-state index >= 15 is 0 Å². The molecule has 1 aromatic carbocycles. The Hall–Kier alpha value is -1.55. The van der Waals surface area contributed by atoms with Crippen molar-refractivity contribution in [2.75, 3.05) is 26.7 Å². The van der Waals surface area contributed by atoms with E-state index in [2.05, 4.69) is 11.0 Å². The van der Waals surface area contributed by atoms with Crippen molar-refractivity contribution in [3.8, 4) is 5.75 Å². The first kappa shape index (κ1) is 14.9. The van der Waals surface area contributed by atoms with Gasteiger partial charge in [0.15, 0.2) is 0 Å². The minimum Gasteiger partial charge on any atom is -0.508 e. The van der Waals surface area contributed by atoms with Crippen molar-refractivity contribution in [1.29, 1.82) is 0 Å². The maximum absolute atomic E-state index is 12.2. The lowest BCUT2D eigenvalue weighted by Crippen LogP contribution is -2.39. The van der Waals surface area contributed by atoms with Crippen molar-refractivity contribution in [2.24, 2.45) is 0 Å². The molecule has 0 saturated heterocycles. The van der Waals surface area contributed by atoms with Gasteiger partial charge in [-0.2, -0.15) is 0 Å². The third-order valence-electron chi connectivity index (χ3n) is 4.25. The molecule has 0 saturated carbocycles. The van der Waals surface area contributed by atoms with Crippen LogP contribution in [0.15, 0.2) is 18.2 Å². The number of carbonyl (C=O) groups is 1. The van der Waals surface area contributed by atoms with Crippen LogP contribution in [-0.2, 0) is 11.2 Å². The number of phenolic OH excluding ortho intramolecular Hbond substituents is 1. The average molecular weight is 276 g/mol. The molecule has 0 fully saturated rings. The van der Waals surface area contributed by atoms with Gasteiger partial charge in [0.05, 0.1) is 6.54 Å². The summed E-state index contributed by atoms with van der Waals surface area (Å²) in [6.45, 7) is 5.95. The standard InChI is InChI=1S/C16H24N2O2/c1-4-18(5-2)16(20)11-17(3)14-10-9-13-12(14)7-6-8-15(13)19/h6-8,14,19H,4-5,9-11H2,1-3H3. The van der Waals surface area contributed by atoms with Gasteiger partial charge in [-0.25, -0.2) is 0 Å². The summed E-state index contributed by atoms with van der Waals surface area (Å²) >= 11 is 0. The highest BCUT2D eigenvalue weighted by molar-refractivity contribution is 5.78. The van der Waals surface area contributed by atoms with E-state index in [1.807, 2.05) is 31.9 Å². The van der Waals surface area contributed by atoms with Gasteiger partial charge < -0.3 is 10.0 Å². The maximum Gasteiger partial charge on any atom is 0.236 e. The van der Waals surface area contributed by atoms with Gasteiger partial charge in [0.25, 0.3) is 0 Å². The second-order valence-corrected chi connectivity index (χ2v) is 5.38. The third kappa shape index (κ3) is 2.80. The lowest BCUT2D eigenvalue weighted by atomic mass is 10.1. The number of phenols is 1. The van der Waals surface area contributed by atoms with Crippen molar-refractivity contribution in [1.82, 2.24) is 9.80 Å². The number of hydrogen-bond donors (Lipinski definition) is 1. The topological polar surface area (TPSA) is 43.8 Å². The number of nitrogens with zero attached hydrogens (tertiary/aromatic N) is 2. The van der Waals surface area contributed by atoms with E-state index in [1.165, 1.54) is 5.56 Å². The van der Waals surface area contributed by atoms with Gasteiger partial charge in [-0.05, 0) is 50.9 Å². The Morgan fingerprint density at radius 1 is 1.35 bits per heavy atom. The molecule has 1 unspecified atom stereocenters. The van der Waals surface area contributed by atoms with Crippen molar-refractivity contribution >= 4 is 5.91 Å². The monoisotopic (exact) mass is 276 g/mol. The molecule has 0 aliphatic heterocycles. The SMILES string of the molecule is CCN(CC)C(=O)CN(C)C1CCc2c(O)cccc21. The molecule has 110 valence electrons. The first-order chi connectivity index (χ1) is 9.58. The largest absolute Gasteiger partial charge is 0.508 e. The second-order valence-electron chi connectivity index (χ2n) is 5.38. The van der Waals surface area contributed by atoms with Gasteiger partial charge in [-0.3, -0.25) is 9.69 Å². The van der Waals surface area contributed by atoms with E-state index in [0.29, 0.717) is 12.3 Å². The molecule has 20 heavy (non-hydrogen) atoms. The lowest BCUT2D eigenvalue weighted by molar-refractivity contribution is -0.132. The molecule has 0 bridgehead atoms. The summed E-state index contributed by atoms with van der Waals surface area (Å²) in [4.78, 5) is 16.1. The van der Waals surface area contributed by atoms with Crippen LogP contribution in [0, 0.1) is 0 Å². The molecule has 0 radical (unpaired) electrons. The Morgan fingerprint density at radius 2 is 2.05 bits per heavy atom. The van der Waals surface area contributed by atoms with Crippen molar-refractivity contribution in [3.63, 3.8) is 0 Å². The summed E-state index contributed by atoms with van der Waals surface area (Å²) in [5.41, 5.74) is 2.21. The van der Waals surface area contributed by atoms with Crippen LogP contribution < -0.4 is 0 Å². The van der Waals surface area contributed by atoms with Gasteiger partial charge in [0.1, 0.15) is 5.75 Å². The van der Waals surface area contributed by atoms with Crippen LogP contribution >= 0.6 is 0 Å². The van der Waals surface area contributed by atoms with Crippen molar-refractivity contribution < 1.29 is 9.90 Å². The molecule has 4 nitrogen and oxygen atoms in total. The van der Waals surface area contributed by atoms with E-state index in [0.717, 1.165) is 31.5 Å². The van der Waals surface area contributed by atoms with E-state index in [4.69, 9.17) is 0 Å². The Bertz CT molecular complexity index is 483. The number of carbonyl (C=O) groups excluding carboxylic acids is 1. The zero-order valence-electron chi connectivity index (χ0n) is 12.6. The van der Waals surface area contributed by atoms with Gasteiger partial charge in [0.2, 0.25) is 5.91 Å². The summed E-state index contributed by atoms with van der Waals surface area (Å²) in [6.07, 6.45) is 1.85. The number of amides is 1. The minimum absolute atomic E-state index is 0.172. The van der Waals surface area contributed by atoms with E-state index in [1.54, 1.807) is 6.07 Å². The lowest BCUT2D eigenvalue weighted by Gasteiger charge is -2.27. The molecule has 0 spiro atoms. The van der Waals surface area contributed by atoms with Crippen LogP contribution in [0.5, 0.6) is 5.75 Å². The Balaban J connectivity index is 2.07. The molecule has 1 aliphatic rings. The average Bonchev–Trinajstić information content (AvgIpc) is 2.85. The number of hydrogen-bond acceptors (Lipinski definition) is 3. The molecule has 1 aliphatic carbocycles. The van der Waals surface area contributed by atoms with E-state index in [9.17, 15) is 9.90 Å². The van der Waals surface area contributed by atoms with E-state index < -0.39 is 0 Å². The van der Waals surface area contributed by atoms with Crippen LogP contribution in [-0.4, -0.2) is 47.5 Å². The van der Waals surface area contributed by atoms with Crippen molar-refractivity contribution in [3.05, 3.63) is 29.3 Å². The third-order valence-corrected chi connectivity index (χ3v) is 4.25. The van der Waals surface area contributed by atoms with Gasteiger partial charge in [0, 0.05) is 19.1 Å². The van der Waals surface area contributed by atoms with E-state index in [-0.39, 0.29) is 11.9 Å². The Kier molecular flexibility index (Phi) is 4.65. The molecule has 1 aromatic rings. The fourth-order valence-corrected chi connectivity index (χ4v) is 3.07. The highest BCUT2D eigenvalue weighted by atomic mass is 16.3. The van der Waals surface area contributed by atoms with Crippen LogP contribution in [0.1, 0.15) is 37.4 Å². The molecule has 4 heteroatoms. The fraction of sp³-hybridized carbons (Fsp3) is 0.562. The van der Waals surface area contributed by atoms with Crippen LogP contribution in [0.25, 0.3) is 0 Å².